The second-order valence-corrected chi connectivity index (χ2v) is 6.35. The summed E-state index contributed by atoms with van der Waals surface area (Å²) >= 11 is 3.50. The van der Waals surface area contributed by atoms with Crippen LogP contribution in [0.1, 0.15) is 32.4 Å². The maximum Gasteiger partial charge on any atom is 0.338 e. The Kier molecular flexibility index (Phi) is 5.08. The summed E-state index contributed by atoms with van der Waals surface area (Å²) in [7, 11) is 0. The van der Waals surface area contributed by atoms with E-state index in [1.165, 1.54) is 6.33 Å². The second-order valence-electron chi connectivity index (χ2n) is 5.43. The fourth-order valence-electron chi connectivity index (χ4n) is 2.87. The van der Waals surface area contributed by atoms with Gasteiger partial charge >= 0.3 is 5.97 Å². The van der Waals surface area contributed by atoms with Crippen molar-refractivity contribution in [3.63, 3.8) is 0 Å². The summed E-state index contributed by atoms with van der Waals surface area (Å²) in [5.74, 6) is 0.868. The zero-order valence-corrected chi connectivity index (χ0v) is 15.8. The largest absolute Gasteiger partial charge is 0.494 e. The van der Waals surface area contributed by atoms with Crippen molar-refractivity contribution >= 4 is 27.8 Å². The average Bonchev–Trinajstić information content (AvgIpc) is 3.03. The predicted molar refractivity (Wildman–Crippen MR) is 96.4 cm³/mol. The normalized spacial score (nSPS) is 16.2. The number of carbonyl (C=O) groups is 1. The molecule has 0 saturated carbocycles. The molecule has 3 rings (SSSR count). The molecule has 25 heavy (non-hydrogen) atoms. The van der Waals surface area contributed by atoms with Crippen LogP contribution in [-0.4, -0.2) is 33.9 Å². The smallest absolute Gasteiger partial charge is 0.338 e. The maximum absolute atomic E-state index is 12.6. The van der Waals surface area contributed by atoms with Crippen LogP contribution in [0.25, 0.3) is 0 Å². The van der Waals surface area contributed by atoms with E-state index < -0.39 is 6.04 Å². The number of hydrogen-bond donors (Lipinski definition) is 1. The zero-order valence-electron chi connectivity index (χ0n) is 14.2. The maximum atomic E-state index is 12.6. The molecule has 1 atom stereocenters. The third-order valence-corrected chi connectivity index (χ3v) is 4.35. The van der Waals surface area contributed by atoms with E-state index in [1.54, 1.807) is 11.6 Å². The molecule has 1 aromatic carbocycles. The third kappa shape index (κ3) is 3.26. The first-order valence-electron chi connectivity index (χ1n) is 8.03. The van der Waals surface area contributed by atoms with E-state index in [9.17, 15) is 4.79 Å². The molecule has 1 N–H and O–H groups in total. The lowest BCUT2D eigenvalue weighted by atomic mass is 9.95. The molecule has 0 fully saturated rings. The molecule has 0 saturated heterocycles. The molecule has 0 amide bonds. The van der Waals surface area contributed by atoms with Gasteiger partial charge in [-0.1, -0.05) is 15.9 Å². The number of nitrogens with zero attached hydrogens (tertiary/aromatic N) is 3. The van der Waals surface area contributed by atoms with Crippen LogP contribution in [0.2, 0.25) is 0 Å². The number of hydrogen-bond acceptors (Lipinski definition) is 6. The van der Waals surface area contributed by atoms with Crippen molar-refractivity contribution in [2.45, 2.75) is 26.8 Å². The van der Waals surface area contributed by atoms with Gasteiger partial charge in [-0.15, -0.1) is 0 Å². The van der Waals surface area contributed by atoms with Crippen LogP contribution >= 0.6 is 15.9 Å². The van der Waals surface area contributed by atoms with E-state index in [0.717, 1.165) is 10.0 Å². The van der Waals surface area contributed by atoms with Gasteiger partial charge in [-0.25, -0.2) is 9.48 Å². The average molecular weight is 407 g/mol. The van der Waals surface area contributed by atoms with E-state index >= 15 is 0 Å². The zero-order chi connectivity index (χ0) is 18.0. The number of fused-ring (bicyclic) bond motifs is 1. The number of allylic oxidation sites excluding steroid dienone is 1. The van der Waals surface area contributed by atoms with Gasteiger partial charge in [0.05, 0.1) is 18.8 Å². The number of anilines is 1. The van der Waals surface area contributed by atoms with Gasteiger partial charge in [0, 0.05) is 15.7 Å². The summed E-state index contributed by atoms with van der Waals surface area (Å²) in [4.78, 5) is 16.9. The number of nitrogens with one attached hydrogen (secondary N) is 1. The Bertz CT molecular complexity index is 831. The SMILES string of the molecule is CCOC(=O)C1=C(C)Nc2ncnn2[C@@H]1c1cc(Br)ccc1OCC. The Morgan fingerprint density at radius 3 is 2.88 bits per heavy atom. The van der Waals surface area contributed by atoms with Gasteiger partial charge in [-0.3, -0.25) is 0 Å². The minimum atomic E-state index is -0.489. The minimum Gasteiger partial charge on any atom is -0.494 e. The molecular formula is C17H19BrN4O3. The van der Waals surface area contributed by atoms with Gasteiger partial charge in [-0.05, 0) is 39.0 Å². The van der Waals surface area contributed by atoms with Gasteiger partial charge in [0.15, 0.2) is 0 Å². The third-order valence-electron chi connectivity index (χ3n) is 3.86. The van der Waals surface area contributed by atoms with Crippen molar-refractivity contribution in [2.75, 3.05) is 18.5 Å². The molecule has 0 radical (unpaired) electrons. The van der Waals surface area contributed by atoms with E-state index in [0.29, 0.717) is 36.2 Å². The molecule has 0 spiro atoms. The number of esters is 1. The number of ether oxygens (including phenoxy) is 2. The molecule has 1 aromatic heterocycles. The monoisotopic (exact) mass is 406 g/mol. The quantitative estimate of drug-likeness (QED) is 0.767. The Labute approximate surface area is 154 Å². The van der Waals surface area contributed by atoms with Crippen molar-refractivity contribution in [2.24, 2.45) is 0 Å². The van der Waals surface area contributed by atoms with Crippen molar-refractivity contribution < 1.29 is 14.3 Å². The van der Waals surface area contributed by atoms with Gasteiger partial charge in [-0.2, -0.15) is 10.1 Å². The van der Waals surface area contributed by atoms with Crippen LogP contribution in [0.3, 0.4) is 0 Å². The van der Waals surface area contributed by atoms with Gasteiger partial charge in [0.1, 0.15) is 18.1 Å². The molecule has 7 nitrogen and oxygen atoms in total. The summed E-state index contributed by atoms with van der Waals surface area (Å²) < 4.78 is 13.6. The van der Waals surface area contributed by atoms with Crippen molar-refractivity contribution in [3.05, 3.63) is 45.8 Å². The lowest BCUT2D eigenvalue weighted by Crippen LogP contribution is -2.30. The van der Waals surface area contributed by atoms with Crippen molar-refractivity contribution in [1.29, 1.82) is 0 Å². The van der Waals surface area contributed by atoms with E-state index in [2.05, 4.69) is 31.3 Å². The number of halogens is 1. The lowest BCUT2D eigenvalue weighted by Gasteiger charge is -2.29. The van der Waals surface area contributed by atoms with Crippen molar-refractivity contribution in [3.8, 4) is 5.75 Å². The molecule has 132 valence electrons. The lowest BCUT2D eigenvalue weighted by molar-refractivity contribution is -0.139. The summed E-state index contributed by atoms with van der Waals surface area (Å²) in [5, 5.41) is 7.41. The predicted octanol–water partition coefficient (Wildman–Crippen LogP) is 3.29. The first-order valence-corrected chi connectivity index (χ1v) is 8.82. The van der Waals surface area contributed by atoms with Gasteiger partial charge in [0.2, 0.25) is 5.95 Å². The van der Waals surface area contributed by atoms with Gasteiger partial charge < -0.3 is 14.8 Å². The summed E-state index contributed by atoms with van der Waals surface area (Å²) in [6.07, 6.45) is 1.45. The van der Waals surface area contributed by atoms with Crippen LogP contribution in [0.15, 0.2) is 40.3 Å². The fraction of sp³-hybridized carbons (Fsp3) is 0.353. The molecule has 0 bridgehead atoms. The Hall–Kier alpha value is -2.35. The molecule has 2 heterocycles. The highest BCUT2D eigenvalue weighted by Gasteiger charge is 2.36. The number of rotatable bonds is 5. The Morgan fingerprint density at radius 2 is 2.16 bits per heavy atom. The van der Waals surface area contributed by atoms with Crippen molar-refractivity contribution in [1.82, 2.24) is 14.8 Å². The highest BCUT2D eigenvalue weighted by molar-refractivity contribution is 9.10. The topological polar surface area (TPSA) is 78.3 Å². The second kappa shape index (κ2) is 7.26. The molecule has 0 unspecified atom stereocenters. The summed E-state index contributed by atoms with van der Waals surface area (Å²) in [6, 6.07) is 5.22. The van der Waals surface area contributed by atoms with Crippen LogP contribution in [0, 0.1) is 0 Å². The van der Waals surface area contributed by atoms with Crippen LogP contribution in [0.4, 0.5) is 5.95 Å². The molecule has 1 aliphatic rings. The molecule has 1 aliphatic heterocycles. The summed E-state index contributed by atoms with van der Waals surface area (Å²) in [6.45, 7) is 6.34. The highest BCUT2D eigenvalue weighted by atomic mass is 79.9. The standard InChI is InChI=1S/C17H19BrN4O3/c1-4-24-13-7-6-11(18)8-12(13)15-14(16(23)25-5-2)10(3)21-17-19-9-20-22(15)17/h6-9,15H,4-5H2,1-3H3,(H,19,20,21)/t15-/m1/s1. The first-order chi connectivity index (χ1) is 12.1. The fourth-order valence-corrected chi connectivity index (χ4v) is 3.25. The molecule has 2 aromatic rings. The first kappa shape index (κ1) is 17.5. The minimum absolute atomic E-state index is 0.295. The van der Waals surface area contributed by atoms with E-state index in [-0.39, 0.29) is 5.97 Å². The van der Waals surface area contributed by atoms with E-state index in [4.69, 9.17) is 9.47 Å². The Balaban J connectivity index is 2.20. The number of benzene rings is 1. The van der Waals surface area contributed by atoms with Crippen LogP contribution < -0.4 is 10.1 Å². The number of aromatic nitrogens is 3. The van der Waals surface area contributed by atoms with Gasteiger partial charge in [0.25, 0.3) is 0 Å². The number of carbonyl (C=O) groups excluding carboxylic acids is 1. The van der Waals surface area contributed by atoms with E-state index in [1.807, 2.05) is 32.0 Å². The molecule has 8 heteroatoms. The van der Waals surface area contributed by atoms with Crippen LogP contribution in [-0.2, 0) is 9.53 Å². The highest BCUT2D eigenvalue weighted by Crippen LogP contribution is 2.40. The summed E-state index contributed by atoms with van der Waals surface area (Å²) in [5.41, 5.74) is 1.98. The molecule has 0 aliphatic carbocycles. The Morgan fingerprint density at radius 1 is 1.36 bits per heavy atom. The van der Waals surface area contributed by atoms with Crippen LogP contribution in [0.5, 0.6) is 5.75 Å². The molecular weight excluding hydrogens is 388 g/mol.